The topological polar surface area (TPSA) is 32.7 Å². The molecule has 0 fully saturated rings. The van der Waals surface area contributed by atoms with Gasteiger partial charge in [-0.3, -0.25) is 4.79 Å². The fourth-order valence-corrected chi connectivity index (χ4v) is 2.45. The molecule has 4 heteroatoms. The number of fused-ring (bicyclic) bond motifs is 1. The molecule has 0 bridgehead atoms. The highest BCUT2D eigenvalue weighted by Crippen LogP contribution is 2.30. The maximum atomic E-state index is 12.5. The van der Waals surface area contributed by atoms with Crippen LogP contribution in [0.5, 0.6) is 0 Å². The van der Waals surface area contributed by atoms with Crippen molar-refractivity contribution in [3.8, 4) is 0 Å². The predicted molar refractivity (Wildman–Crippen MR) is 86.6 cm³/mol. The van der Waals surface area contributed by atoms with Gasteiger partial charge in [0, 0.05) is 17.1 Å². The Hall–Kier alpha value is -2.39. The van der Waals surface area contributed by atoms with Crippen LogP contribution in [-0.4, -0.2) is 18.2 Å². The average molecular weight is 297 g/mol. The first-order valence-corrected chi connectivity index (χ1v) is 6.95. The number of hydrogen-bond donors (Lipinski definition) is 0. The van der Waals surface area contributed by atoms with Crippen molar-refractivity contribution in [3.05, 3.63) is 71.8 Å². The molecule has 0 unspecified atom stereocenters. The van der Waals surface area contributed by atoms with E-state index in [9.17, 15) is 4.79 Å². The van der Waals surface area contributed by atoms with Gasteiger partial charge in [-0.1, -0.05) is 35.9 Å². The number of hydrogen-bond acceptors (Lipinski definition) is 2. The van der Waals surface area contributed by atoms with Crippen LogP contribution < -0.4 is 4.90 Å². The molecule has 1 heterocycles. The third-order valence-electron chi connectivity index (χ3n) is 3.28. The highest BCUT2D eigenvalue weighted by atomic mass is 35.5. The second-order valence-corrected chi connectivity index (χ2v) is 5.09. The second-order valence-electron chi connectivity index (χ2n) is 4.66. The Balaban J connectivity index is 2.08. The molecule has 0 saturated carbocycles. The smallest absolute Gasteiger partial charge is 0.277 e. The maximum Gasteiger partial charge on any atom is 0.277 e. The summed E-state index contributed by atoms with van der Waals surface area (Å²) in [6.45, 7) is 4.17. The minimum atomic E-state index is -0.106. The Morgan fingerprint density at radius 2 is 1.86 bits per heavy atom. The summed E-state index contributed by atoms with van der Waals surface area (Å²) in [5.41, 5.74) is 2.88. The van der Waals surface area contributed by atoms with Crippen molar-refractivity contribution in [1.82, 2.24) is 0 Å². The van der Waals surface area contributed by atoms with Crippen molar-refractivity contribution in [2.24, 2.45) is 4.99 Å². The molecule has 0 saturated heterocycles. The molecule has 0 aliphatic carbocycles. The number of halogens is 1. The van der Waals surface area contributed by atoms with Gasteiger partial charge in [-0.2, -0.15) is 0 Å². The van der Waals surface area contributed by atoms with Gasteiger partial charge in [0.25, 0.3) is 5.91 Å². The molecule has 1 amide bonds. The van der Waals surface area contributed by atoms with Gasteiger partial charge in [0.15, 0.2) is 0 Å². The quantitative estimate of drug-likeness (QED) is 0.788. The summed E-state index contributed by atoms with van der Waals surface area (Å²) in [6.07, 6.45) is 1.71. The molecule has 0 aromatic heterocycles. The monoisotopic (exact) mass is 296 g/mol. The van der Waals surface area contributed by atoms with E-state index in [1.807, 2.05) is 24.3 Å². The summed E-state index contributed by atoms with van der Waals surface area (Å²) >= 11 is 5.87. The molecule has 0 spiro atoms. The SMILES string of the molecule is C=CCN1C(=O)C(=Nc2ccc(Cl)cc2)c2ccccc21. The number of rotatable bonds is 3. The van der Waals surface area contributed by atoms with E-state index in [0.717, 1.165) is 11.3 Å². The molecule has 3 rings (SSSR count). The van der Waals surface area contributed by atoms with E-state index >= 15 is 0 Å². The number of carbonyl (C=O) groups excluding carboxylic acids is 1. The lowest BCUT2D eigenvalue weighted by Crippen LogP contribution is -2.30. The molecular weight excluding hydrogens is 284 g/mol. The largest absolute Gasteiger partial charge is 0.303 e. The van der Waals surface area contributed by atoms with Crippen LogP contribution in [0, 0.1) is 0 Å². The molecule has 1 aliphatic rings. The second kappa shape index (κ2) is 5.54. The summed E-state index contributed by atoms with van der Waals surface area (Å²) < 4.78 is 0. The van der Waals surface area contributed by atoms with Crippen molar-refractivity contribution in [3.63, 3.8) is 0 Å². The summed E-state index contributed by atoms with van der Waals surface area (Å²) in [6, 6.07) is 14.7. The Labute approximate surface area is 128 Å². The van der Waals surface area contributed by atoms with E-state index in [4.69, 9.17) is 11.6 Å². The van der Waals surface area contributed by atoms with Crippen LogP contribution in [-0.2, 0) is 4.79 Å². The van der Waals surface area contributed by atoms with Crippen LogP contribution in [0.1, 0.15) is 5.56 Å². The van der Waals surface area contributed by atoms with Gasteiger partial charge in [-0.05, 0) is 30.3 Å². The van der Waals surface area contributed by atoms with Gasteiger partial charge in [0.2, 0.25) is 0 Å². The Bertz CT molecular complexity index is 735. The lowest BCUT2D eigenvalue weighted by Gasteiger charge is -2.13. The van der Waals surface area contributed by atoms with E-state index in [1.165, 1.54) is 0 Å². The van der Waals surface area contributed by atoms with Gasteiger partial charge in [-0.25, -0.2) is 4.99 Å². The van der Waals surface area contributed by atoms with Gasteiger partial charge in [0.05, 0.1) is 11.4 Å². The van der Waals surface area contributed by atoms with Gasteiger partial charge < -0.3 is 4.90 Å². The van der Waals surface area contributed by atoms with Crippen LogP contribution >= 0.6 is 11.6 Å². The van der Waals surface area contributed by atoms with Gasteiger partial charge in [-0.15, -0.1) is 6.58 Å². The Morgan fingerprint density at radius 3 is 2.57 bits per heavy atom. The van der Waals surface area contributed by atoms with Crippen LogP contribution in [0.15, 0.2) is 66.2 Å². The van der Waals surface area contributed by atoms with E-state index < -0.39 is 0 Å². The highest BCUT2D eigenvalue weighted by molar-refractivity contribution is 6.54. The molecule has 2 aromatic rings. The molecule has 3 nitrogen and oxygen atoms in total. The number of anilines is 1. The fraction of sp³-hybridized carbons (Fsp3) is 0.0588. The zero-order chi connectivity index (χ0) is 14.8. The van der Waals surface area contributed by atoms with E-state index in [-0.39, 0.29) is 5.91 Å². The number of aliphatic imine (C=N–C) groups is 1. The van der Waals surface area contributed by atoms with E-state index in [1.54, 1.807) is 35.2 Å². The fourth-order valence-electron chi connectivity index (χ4n) is 2.32. The van der Waals surface area contributed by atoms with Crippen molar-refractivity contribution in [1.29, 1.82) is 0 Å². The zero-order valence-corrected chi connectivity index (χ0v) is 12.0. The summed E-state index contributed by atoms with van der Waals surface area (Å²) in [5, 5.41) is 0.644. The number of amides is 1. The van der Waals surface area contributed by atoms with Gasteiger partial charge >= 0.3 is 0 Å². The third-order valence-corrected chi connectivity index (χ3v) is 3.53. The number of carbonyl (C=O) groups is 1. The van der Waals surface area contributed by atoms with Crippen LogP contribution in [0.3, 0.4) is 0 Å². The first-order valence-electron chi connectivity index (χ1n) is 6.57. The number of benzene rings is 2. The number of nitrogens with zero attached hydrogens (tertiary/aromatic N) is 2. The first kappa shape index (κ1) is 13.6. The maximum absolute atomic E-state index is 12.5. The molecule has 0 radical (unpaired) electrons. The molecular formula is C17H13ClN2O. The van der Waals surface area contributed by atoms with Crippen LogP contribution in [0.4, 0.5) is 11.4 Å². The molecule has 0 atom stereocenters. The summed E-state index contributed by atoms with van der Waals surface area (Å²) in [5.74, 6) is -0.106. The van der Waals surface area contributed by atoms with Crippen molar-refractivity contribution < 1.29 is 4.79 Å². The van der Waals surface area contributed by atoms with Gasteiger partial charge in [0.1, 0.15) is 5.71 Å². The van der Waals surface area contributed by atoms with Crippen molar-refractivity contribution in [2.75, 3.05) is 11.4 Å². The molecule has 0 N–H and O–H groups in total. The van der Waals surface area contributed by atoms with E-state index in [0.29, 0.717) is 23.0 Å². The molecule has 2 aromatic carbocycles. The third kappa shape index (κ3) is 2.48. The highest BCUT2D eigenvalue weighted by Gasteiger charge is 2.32. The minimum absolute atomic E-state index is 0.106. The van der Waals surface area contributed by atoms with Crippen molar-refractivity contribution in [2.45, 2.75) is 0 Å². The molecule has 21 heavy (non-hydrogen) atoms. The lowest BCUT2D eigenvalue weighted by atomic mass is 10.1. The van der Waals surface area contributed by atoms with Crippen LogP contribution in [0.25, 0.3) is 0 Å². The minimum Gasteiger partial charge on any atom is -0.303 e. The Kier molecular flexibility index (Phi) is 3.59. The molecule has 104 valence electrons. The lowest BCUT2D eigenvalue weighted by molar-refractivity contribution is -0.112. The first-order chi connectivity index (χ1) is 10.2. The van der Waals surface area contributed by atoms with E-state index in [2.05, 4.69) is 11.6 Å². The summed E-state index contributed by atoms with van der Waals surface area (Å²) in [7, 11) is 0. The average Bonchev–Trinajstić information content (AvgIpc) is 2.76. The predicted octanol–water partition coefficient (Wildman–Crippen LogP) is 3.99. The molecule has 1 aliphatic heterocycles. The van der Waals surface area contributed by atoms with Crippen molar-refractivity contribution >= 4 is 34.6 Å². The normalized spacial score (nSPS) is 15.4. The Morgan fingerprint density at radius 1 is 1.14 bits per heavy atom. The standard InChI is InChI=1S/C17H13ClN2O/c1-2-11-20-15-6-4-3-5-14(15)16(17(20)21)19-13-9-7-12(18)8-10-13/h2-10H,1,11H2. The zero-order valence-electron chi connectivity index (χ0n) is 11.3. The summed E-state index contributed by atoms with van der Waals surface area (Å²) in [4.78, 5) is 18.7. The number of para-hydroxylation sites is 1. The van der Waals surface area contributed by atoms with Crippen LogP contribution in [0.2, 0.25) is 5.02 Å².